The topological polar surface area (TPSA) is 72.9 Å². The van der Waals surface area contributed by atoms with Crippen LogP contribution in [0.1, 0.15) is 45.1 Å². The van der Waals surface area contributed by atoms with E-state index in [9.17, 15) is 13.2 Å². The zero-order valence-electron chi connectivity index (χ0n) is 15.0. The molecule has 0 aromatic heterocycles. The molecule has 0 aliphatic carbocycles. The molecule has 26 heavy (non-hydrogen) atoms. The molecule has 6 nitrogen and oxygen atoms in total. The van der Waals surface area contributed by atoms with Gasteiger partial charge in [-0.25, -0.2) is 8.42 Å². The van der Waals surface area contributed by atoms with Crippen LogP contribution in [0.25, 0.3) is 0 Å². The Balaban J connectivity index is 1.77. The Hall–Kier alpha value is -1.47. The number of hydrogen-bond acceptors (Lipinski definition) is 5. The zero-order valence-corrected chi connectivity index (χ0v) is 16.6. The van der Waals surface area contributed by atoms with Crippen molar-refractivity contribution in [2.24, 2.45) is 0 Å². The van der Waals surface area contributed by atoms with E-state index in [0.29, 0.717) is 28.6 Å². The van der Waals surface area contributed by atoms with Crippen molar-refractivity contribution in [3.63, 3.8) is 0 Å². The molecule has 3 rings (SSSR count). The average Bonchev–Trinajstić information content (AvgIpc) is 3.09. The second kappa shape index (κ2) is 7.64. The minimum Gasteiger partial charge on any atom is -0.454 e. The van der Waals surface area contributed by atoms with Crippen molar-refractivity contribution in [1.29, 1.82) is 0 Å². The summed E-state index contributed by atoms with van der Waals surface area (Å²) in [5.74, 6) is 0.296. The maximum Gasteiger partial charge on any atom is 0.240 e. The van der Waals surface area contributed by atoms with E-state index >= 15 is 0 Å². The molecule has 2 heterocycles. The van der Waals surface area contributed by atoms with Gasteiger partial charge < -0.3 is 14.4 Å². The largest absolute Gasteiger partial charge is 0.454 e. The molecule has 0 N–H and O–H groups in total. The van der Waals surface area contributed by atoms with E-state index in [1.165, 1.54) is 6.92 Å². The Kier molecular flexibility index (Phi) is 5.67. The standard InChI is InChI=1S/C18H24ClNO5S/c1-3-14-6-4-5-7-20(14)18(21)12(2)26(22,23)10-13-8-15(19)17-16(9-13)24-11-25-17/h8-9,12,14H,3-7,10-11H2,1-2H3/t12-,14+/m1/s1. The number of benzene rings is 1. The normalized spacial score (nSPS) is 20.9. The first-order chi connectivity index (χ1) is 12.3. The number of fused-ring (bicyclic) bond motifs is 1. The molecule has 1 aromatic carbocycles. The molecular weight excluding hydrogens is 378 g/mol. The Morgan fingerprint density at radius 1 is 1.35 bits per heavy atom. The minimum atomic E-state index is -3.67. The van der Waals surface area contributed by atoms with E-state index in [1.807, 2.05) is 6.92 Å². The van der Waals surface area contributed by atoms with E-state index in [-0.39, 0.29) is 24.5 Å². The first kappa shape index (κ1) is 19.3. The van der Waals surface area contributed by atoms with Gasteiger partial charge in [0.05, 0.1) is 10.8 Å². The third kappa shape index (κ3) is 3.78. The van der Waals surface area contributed by atoms with Gasteiger partial charge in [0.2, 0.25) is 12.7 Å². The summed E-state index contributed by atoms with van der Waals surface area (Å²) in [5.41, 5.74) is 0.490. The Morgan fingerprint density at radius 2 is 2.12 bits per heavy atom. The van der Waals surface area contributed by atoms with E-state index in [1.54, 1.807) is 17.0 Å². The van der Waals surface area contributed by atoms with Gasteiger partial charge in [-0.3, -0.25) is 4.79 Å². The predicted octanol–water partition coefficient (Wildman–Crippen LogP) is 3.16. The lowest BCUT2D eigenvalue weighted by Crippen LogP contribution is -2.49. The van der Waals surface area contributed by atoms with Crippen LogP contribution in [0.5, 0.6) is 11.5 Å². The third-order valence-electron chi connectivity index (χ3n) is 5.12. The molecule has 0 unspecified atom stereocenters. The average molecular weight is 402 g/mol. The Bertz CT molecular complexity index is 795. The lowest BCUT2D eigenvalue weighted by atomic mass is 10.00. The summed E-state index contributed by atoms with van der Waals surface area (Å²) in [7, 11) is -3.67. The molecule has 2 aliphatic heterocycles. The van der Waals surface area contributed by atoms with E-state index in [4.69, 9.17) is 21.1 Å². The van der Waals surface area contributed by atoms with Crippen LogP contribution in [0.4, 0.5) is 0 Å². The summed E-state index contributed by atoms with van der Waals surface area (Å²) in [6, 6.07) is 3.30. The first-order valence-electron chi connectivity index (χ1n) is 8.93. The van der Waals surface area contributed by atoms with Gasteiger partial charge in [0.15, 0.2) is 21.3 Å². The summed E-state index contributed by atoms with van der Waals surface area (Å²) in [6.45, 7) is 4.21. The smallest absolute Gasteiger partial charge is 0.240 e. The van der Waals surface area contributed by atoms with Crippen LogP contribution in [0.15, 0.2) is 12.1 Å². The van der Waals surface area contributed by atoms with Crippen molar-refractivity contribution >= 4 is 27.3 Å². The fraction of sp³-hybridized carbons (Fsp3) is 0.611. The molecule has 144 valence electrons. The third-order valence-corrected chi connectivity index (χ3v) is 7.42. The van der Waals surface area contributed by atoms with Gasteiger partial charge in [0.1, 0.15) is 5.25 Å². The van der Waals surface area contributed by atoms with Gasteiger partial charge in [0, 0.05) is 12.6 Å². The number of hydrogen-bond donors (Lipinski definition) is 0. The number of sulfone groups is 1. The van der Waals surface area contributed by atoms with Crippen LogP contribution >= 0.6 is 11.6 Å². The molecule has 0 bridgehead atoms. The second-order valence-corrected chi connectivity index (χ2v) is 9.58. The van der Waals surface area contributed by atoms with Gasteiger partial charge in [-0.1, -0.05) is 18.5 Å². The van der Waals surface area contributed by atoms with Gasteiger partial charge >= 0.3 is 0 Å². The first-order valence-corrected chi connectivity index (χ1v) is 11.0. The number of amides is 1. The quantitative estimate of drug-likeness (QED) is 0.757. The van der Waals surface area contributed by atoms with Crippen molar-refractivity contribution in [2.45, 2.75) is 56.6 Å². The summed E-state index contributed by atoms with van der Waals surface area (Å²) in [6.07, 6.45) is 3.79. The minimum absolute atomic E-state index is 0.0630. The summed E-state index contributed by atoms with van der Waals surface area (Å²) < 4.78 is 36.2. The van der Waals surface area contributed by atoms with Crippen LogP contribution in [0.2, 0.25) is 5.02 Å². The highest BCUT2D eigenvalue weighted by molar-refractivity contribution is 7.92. The van der Waals surface area contributed by atoms with E-state index < -0.39 is 15.1 Å². The van der Waals surface area contributed by atoms with Crippen LogP contribution in [-0.4, -0.2) is 43.9 Å². The predicted molar refractivity (Wildman–Crippen MR) is 99.3 cm³/mol. The summed E-state index contributed by atoms with van der Waals surface area (Å²) in [4.78, 5) is 14.6. The van der Waals surface area contributed by atoms with E-state index in [0.717, 1.165) is 25.7 Å². The van der Waals surface area contributed by atoms with E-state index in [2.05, 4.69) is 0 Å². The maximum absolute atomic E-state index is 12.8. The molecule has 2 aliphatic rings. The molecule has 1 amide bonds. The second-order valence-electron chi connectivity index (χ2n) is 6.85. The fourth-order valence-electron chi connectivity index (χ4n) is 3.56. The van der Waals surface area contributed by atoms with Crippen LogP contribution in [0, 0.1) is 0 Å². The Labute approximate surface area is 159 Å². The van der Waals surface area contributed by atoms with Crippen molar-refractivity contribution in [2.75, 3.05) is 13.3 Å². The molecule has 0 radical (unpaired) electrons. The highest BCUT2D eigenvalue weighted by Gasteiger charge is 2.35. The molecule has 1 aromatic rings. The van der Waals surface area contributed by atoms with Crippen LogP contribution < -0.4 is 9.47 Å². The highest BCUT2D eigenvalue weighted by Crippen LogP contribution is 2.40. The Morgan fingerprint density at radius 3 is 2.85 bits per heavy atom. The molecule has 1 fully saturated rings. The number of carbonyl (C=O) groups excluding carboxylic acids is 1. The SMILES string of the molecule is CC[C@H]1CCCCN1C(=O)[C@@H](C)S(=O)(=O)Cc1cc(Cl)c2c(c1)OCO2. The van der Waals surface area contributed by atoms with Crippen molar-refractivity contribution < 1.29 is 22.7 Å². The maximum atomic E-state index is 12.8. The summed E-state index contributed by atoms with van der Waals surface area (Å²) >= 11 is 6.13. The van der Waals surface area contributed by atoms with Crippen LogP contribution in [-0.2, 0) is 20.4 Å². The molecule has 8 heteroatoms. The number of rotatable bonds is 5. The molecule has 1 saturated heterocycles. The van der Waals surface area contributed by atoms with Gasteiger partial charge in [-0.15, -0.1) is 0 Å². The number of halogens is 1. The number of ether oxygens (including phenoxy) is 2. The number of piperidine rings is 1. The van der Waals surface area contributed by atoms with Crippen molar-refractivity contribution in [3.8, 4) is 11.5 Å². The molecule has 0 saturated carbocycles. The van der Waals surface area contributed by atoms with Gasteiger partial charge in [-0.2, -0.15) is 0 Å². The lowest BCUT2D eigenvalue weighted by Gasteiger charge is -2.36. The molecule has 2 atom stereocenters. The van der Waals surface area contributed by atoms with Crippen molar-refractivity contribution in [1.82, 2.24) is 4.90 Å². The number of carbonyl (C=O) groups is 1. The monoisotopic (exact) mass is 401 g/mol. The fourth-order valence-corrected chi connectivity index (χ4v) is 5.18. The molecule has 0 spiro atoms. The highest BCUT2D eigenvalue weighted by atomic mass is 35.5. The molecular formula is C18H24ClNO5S. The number of likely N-dealkylation sites (tertiary alicyclic amines) is 1. The van der Waals surface area contributed by atoms with Gasteiger partial charge in [-0.05, 0) is 50.3 Å². The van der Waals surface area contributed by atoms with Gasteiger partial charge in [0.25, 0.3) is 0 Å². The van der Waals surface area contributed by atoms with Crippen LogP contribution in [0.3, 0.4) is 0 Å². The zero-order chi connectivity index (χ0) is 18.9. The lowest BCUT2D eigenvalue weighted by molar-refractivity contribution is -0.134. The number of nitrogens with zero attached hydrogens (tertiary/aromatic N) is 1. The summed E-state index contributed by atoms with van der Waals surface area (Å²) in [5, 5.41) is -0.773. The van der Waals surface area contributed by atoms with Crippen molar-refractivity contribution in [3.05, 3.63) is 22.7 Å².